The number of H-pyrrole nitrogens is 1. The number of aromatic nitrogens is 8. The molecular formula is C37H46F2N10O12P2S. The van der Waals surface area contributed by atoms with Gasteiger partial charge in [-0.25, -0.2) is 33.3 Å². The van der Waals surface area contributed by atoms with Gasteiger partial charge in [-0.1, -0.05) is 56.1 Å². The highest BCUT2D eigenvalue weighted by atomic mass is 32.7. The Hall–Kier alpha value is -4.42. The molecule has 2 bridgehead atoms. The first kappa shape index (κ1) is 46.1. The highest BCUT2D eigenvalue weighted by molar-refractivity contribution is 8.56. The summed E-state index contributed by atoms with van der Waals surface area (Å²) in [6.07, 6.45) is -7.86. The van der Waals surface area contributed by atoms with E-state index in [-0.39, 0.29) is 52.2 Å². The fourth-order valence-corrected chi connectivity index (χ4v) is 12.1. The number of nitrogens with zero attached hydrogens (tertiary/aromatic N) is 7. The van der Waals surface area contributed by atoms with Crippen molar-refractivity contribution in [2.24, 2.45) is 0 Å². The third kappa shape index (κ3) is 9.88. The number of rotatable bonds is 12. The van der Waals surface area contributed by atoms with E-state index in [1.807, 2.05) is 0 Å². The first-order valence-electron chi connectivity index (χ1n) is 20.4. The van der Waals surface area contributed by atoms with Crippen LogP contribution in [0.15, 0.2) is 48.0 Å². The Morgan fingerprint density at radius 1 is 0.938 bits per heavy atom. The monoisotopic (exact) mass is 954 g/mol. The third-order valence-electron chi connectivity index (χ3n) is 10.8. The maximum absolute atomic E-state index is 16.8. The van der Waals surface area contributed by atoms with Gasteiger partial charge in [-0.05, 0) is 31.0 Å². The van der Waals surface area contributed by atoms with Crippen molar-refractivity contribution in [3.05, 3.63) is 59.2 Å². The van der Waals surface area contributed by atoms with Crippen LogP contribution in [0.3, 0.4) is 0 Å². The Morgan fingerprint density at radius 3 is 2.44 bits per heavy atom. The first-order valence-corrected chi connectivity index (χ1v) is 25.3. The molecular weight excluding hydrogens is 908 g/mol. The van der Waals surface area contributed by atoms with Crippen LogP contribution in [0, 0.1) is 0 Å². The predicted octanol–water partition coefficient (Wildman–Crippen LogP) is 5.25. The molecule has 6 N–H and O–H groups in total. The van der Waals surface area contributed by atoms with Crippen LogP contribution in [-0.4, -0.2) is 106 Å². The van der Waals surface area contributed by atoms with E-state index in [2.05, 4.69) is 36.8 Å². The number of nitrogens with one attached hydrogen (secondary N) is 1. The van der Waals surface area contributed by atoms with Crippen molar-refractivity contribution in [2.75, 3.05) is 24.4 Å². The molecule has 27 heteroatoms. The van der Waals surface area contributed by atoms with Gasteiger partial charge < -0.3 is 39.8 Å². The zero-order valence-corrected chi connectivity index (χ0v) is 37.0. The van der Waals surface area contributed by atoms with Crippen LogP contribution >= 0.6 is 25.8 Å². The minimum absolute atomic E-state index is 0.0125. The van der Waals surface area contributed by atoms with Crippen LogP contribution in [0.2, 0.25) is 0 Å². The van der Waals surface area contributed by atoms with Gasteiger partial charge in [0.15, 0.2) is 47.4 Å². The number of phosphoric acid groups is 1. The van der Waals surface area contributed by atoms with Gasteiger partial charge in [0.1, 0.15) is 48.4 Å². The zero-order valence-electron chi connectivity index (χ0n) is 34.4. The Labute approximate surface area is 366 Å². The summed E-state index contributed by atoms with van der Waals surface area (Å²) in [6, 6.07) is 6.52. The van der Waals surface area contributed by atoms with E-state index in [1.165, 1.54) is 17.8 Å². The number of hydrogen-bond donors (Lipinski definition) is 4. The number of esters is 1. The lowest BCUT2D eigenvalue weighted by atomic mass is 10.1. The second kappa shape index (κ2) is 19.2. The second-order valence-corrected chi connectivity index (χ2v) is 21.5. The summed E-state index contributed by atoms with van der Waals surface area (Å²) in [5.41, 5.74) is 11.5. The first-order chi connectivity index (χ1) is 30.6. The molecule has 11 atom stereocenters. The minimum Gasteiger partial charge on any atom is -0.427 e. The Kier molecular flexibility index (Phi) is 13.8. The molecule has 0 spiro atoms. The van der Waals surface area contributed by atoms with E-state index in [0.717, 1.165) is 60.7 Å². The average Bonchev–Trinajstić information content (AvgIpc) is 4.02. The molecule has 2 unspecified atom stereocenters. The number of halogens is 2. The molecule has 0 saturated carbocycles. The summed E-state index contributed by atoms with van der Waals surface area (Å²) in [6.45, 7) is -1.49. The van der Waals surface area contributed by atoms with Gasteiger partial charge in [0.2, 0.25) is 5.95 Å². The van der Waals surface area contributed by atoms with Crippen molar-refractivity contribution in [2.45, 2.75) is 113 Å². The maximum Gasteiger partial charge on any atom is 0.473 e. The van der Waals surface area contributed by atoms with Gasteiger partial charge in [-0.3, -0.25) is 37.3 Å². The summed E-state index contributed by atoms with van der Waals surface area (Å²) in [7, 11) is -5.32. The van der Waals surface area contributed by atoms with Crippen molar-refractivity contribution >= 4 is 65.8 Å². The molecule has 346 valence electrons. The summed E-state index contributed by atoms with van der Waals surface area (Å²) in [5.74, 6) is -0.301. The number of carbonyl (C=O) groups excluding carboxylic acids is 1. The van der Waals surface area contributed by atoms with E-state index in [9.17, 15) is 23.6 Å². The molecule has 3 aliphatic heterocycles. The van der Waals surface area contributed by atoms with Crippen LogP contribution in [0.4, 0.5) is 20.5 Å². The van der Waals surface area contributed by atoms with Crippen molar-refractivity contribution in [3.63, 3.8) is 0 Å². The lowest BCUT2D eigenvalue weighted by Gasteiger charge is -2.29. The second-order valence-electron chi connectivity index (χ2n) is 15.4. The van der Waals surface area contributed by atoms with Gasteiger partial charge in [-0.15, -0.1) is 0 Å². The van der Waals surface area contributed by atoms with Crippen LogP contribution in [-0.2, 0) is 47.5 Å². The molecule has 5 aromatic rings. The van der Waals surface area contributed by atoms with Gasteiger partial charge in [0.25, 0.3) is 12.1 Å². The molecule has 0 radical (unpaired) electrons. The molecule has 0 amide bonds. The quantitative estimate of drug-likeness (QED) is 0.0537. The minimum atomic E-state index is -5.32. The highest BCUT2D eigenvalue weighted by Crippen LogP contribution is 2.62. The fraction of sp³-hybridized carbons (Fsp3) is 0.541. The van der Waals surface area contributed by atoms with E-state index < -0.39 is 88.2 Å². The van der Waals surface area contributed by atoms with E-state index in [0.29, 0.717) is 11.3 Å². The number of ether oxygens (including phenoxy) is 4. The lowest BCUT2D eigenvalue weighted by molar-refractivity contribution is -0.134. The molecule has 7 heterocycles. The number of benzene rings is 1. The van der Waals surface area contributed by atoms with Crippen molar-refractivity contribution in [1.82, 2.24) is 39.0 Å². The number of alkyl halides is 2. The number of nitrogens with two attached hydrogens (primary N) is 2. The highest BCUT2D eigenvalue weighted by Gasteiger charge is 2.55. The number of fused-ring (bicyclic) bond motifs is 5. The molecule has 3 saturated heterocycles. The lowest BCUT2D eigenvalue weighted by Crippen LogP contribution is -2.40. The van der Waals surface area contributed by atoms with Gasteiger partial charge >= 0.3 is 13.8 Å². The number of phosphoric ester groups is 1. The van der Waals surface area contributed by atoms with E-state index in [4.69, 9.17) is 44.0 Å². The Balaban J connectivity index is 1.07. The molecule has 22 nitrogen and oxygen atoms in total. The number of unbranched alkanes of at least 4 members (excludes halogenated alkanes) is 4. The van der Waals surface area contributed by atoms with Crippen LogP contribution in [0.5, 0.6) is 5.75 Å². The Bertz CT molecular complexity index is 2630. The molecule has 0 aliphatic carbocycles. The fourth-order valence-electron chi connectivity index (χ4n) is 7.60. The molecule has 3 aliphatic rings. The van der Waals surface area contributed by atoms with Gasteiger partial charge in [0, 0.05) is 12.2 Å². The number of hydrogen-bond acceptors (Lipinski definition) is 19. The molecule has 4 aromatic heterocycles. The summed E-state index contributed by atoms with van der Waals surface area (Å²) < 4.78 is 105. The predicted molar refractivity (Wildman–Crippen MR) is 225 cm³/mol. The number of anilines is 2. The molecule has 1 aromatic carbocycles. The number of carbonyl (C=O) groups is 1. The van der Waals surface area contributed by atoms with Crippen LogP contribution in [0.1, 0.15) is 70.4 Å². The summed E-state index contributed by atoms with van der Waals surface area (Å²) in [5, 5.41) is 0. The zero-order chi connectivity index (χ0) is 45.3. The van der Waals surface area contributed by atoms with Crippen molar-refractivity contribution in [1.29, 1.82) is 0 Å². The maximum atomic E-state index is 16.8. The normalized spacial score (nSPS) is 31.2. The Morgan fingerprint density at radius 2 is 1.67 bits per heavy atom. The summed E-state index contributed by atoms with van der Waals surface area (Å²) in [4.78, 5) is 58.8. The van der Waals surface area contributed by atoms with Crippen LogP contribution < -0.4 is 21.8 Å². The van der Waals surface area contributed by atoms with Crippen LogP contribution in [0.25, 0.3) is 22.3 Å². The number of nitrogen functional groups attached to an aromatic ring is 2. The molecule has 64 heavy (non-hydrogen) atoms. The van der Waals surface area contributed by atoms with E-state index >= 15 is 8.78 Å². The van der Waals surface area contributed by atoms with Crippen molar-refractivity contribution < 1.29 is 60.1 Å². The SMILES string of the molecule is CCCCCCCC(=O)Oc1ccc(CSP2(=O)CO[C@H]3[C@@H](F)[C@H](n4cnc5c(N)ncnc54)O[C@@H]3[C@H](C)OP(=O)(O)O[C@@H]3[C@H](F)[C@@H](CO2)O[C@H]3n2cnc3c(=O)[nH]c(N)nc32)cc1. The smallest absolute Gasteiger partial charge is 0.427 e. The van der Waals surface area contributed by atoms with Crippen molar-refractivity contribution in [3.8, 4) is 5.75 Å². The summed E-state index contributed by atoms with van der Waals surface area (Å²) >= 11 is 0.808. The largest absolute Gasteiger partial charge is 0.473 e. The standard InChI is InChI=1S/C37H46F2N10O12P2S/c1-3-4-5-6-7-8-23(50)57-21-11-9-20(10-12-21)14-64-62(52)18-55-29-25(39)35(48-16-44-26-31(40)42-15-43-32(26)48)59-28(29)19(2)60-63(53,54)61-30-24(38)22(13-56-62)58-36(30)49-17-45-27-33(49)46-37(41)47-34(27)51/h9-12,15-17,19,22,24-25,28-30,35-36H,3-8,13-14,18H2,1-2H3,(H,53,54)(H2,40,42,43)(H3,41,46,47,51)/t19-,22+,24+,25+,28+,29-,30+,35+,36+,62?/m0/s1. The van der Waals surface area contributed by atoms with Gasteiger partial charge in [0.05, 0.1) is 25.4 Å². The third-order valence-corrected chi connectivity index (χ3v) is 16.0. The average molecular weight is 955 g/mol. The van der Waals surface area contributed by atoms with Gasteiger partial charge in [-0.2, -0.15) is 4.98 Å². The molecule has 3 fully saturated rings. The topological polar surface area (TPSA) is 295 Å². The molecule has 8 rings (SSSR count). The number of aromatic amines is 1. The van der Waals surface area contributed by atoms with E-state index in [1.54, 1.807) is 24.3 Å². The number of imidazole rings is 2.